The Kier molecular flexibility index (Phi) is 5.66. The third-order valence-electron chi connectivity index (χ3n) is 3.67. The number of nitrogens with one attached hydrogen (secondary N) is 1. The maximum atomic E-state index is 12.1. The van der Waals surface area contributed by atoms with E-state index in [9.17, 15) is 13.2 Å². The molecule has 0 aliphatic rings. The van der Waals surface area contributed by atoms with Crippen molar-refractivity contribution in [2.75, 3.05) is 19.0 Å². The summed E-state index contributed by atoms with van der Waals surface area (Å²) in [4.78, 5) is 12.0. The summed E-state index contributed by atoms with van der Waals surface area (Å²) in [7, 11) is -2.30. The first-order valence-electron chi connectivity index (χ1n) is 7.41. The Morgan fingerprint density at radius 1 is 1.12 bits per heavy atom. The fraction of sp³-hybridized carbons (Fsp3) is 0.235. The summed E-state index contributed by atoms with van der Waals surface area (Å²) in [5.41, 5.74) is 1.84. The van der Waals surface area contributed by atoms with Gasteiger partial charge in [0.15, 0.2) is 6.61 Å². The molecule has 134 valence electrons. The molecular formula is C17H20N2O5S. The number of sulfonamides is 1. The number of hydrogen-bond acceptors (Lipinski definition) is 5. The standard InChI is InChI=1S/C17H20N2O5S/c1-11-8-15(25(18,21)22)9-16(12(11)2)19-17(20)10-24-14-6-4-13(23-3)5-7-14/h4-9H,10H2,1-3H3,(H,19,20)(H2,18,21,22). The molecule has 2 aromatic rings. The zero-order chi connectivity index (χ0) is 18.6. The molecule has 0 unspecified atom stereocenters. The quantitative estimate of drug-likeness (QED) is 0.815. The van der Waals surface area contributed by atoms with Crippen molar-refractivity contribution in [3.05, 3.63) is 47.5 Å². The summed E-state index contributed by atoms with van der Waals surface area (Å²) < 4.78 is 33.5. The molecule has 3 N–H and O–H groups in total. The van der Waals surface area contributed by atoms with E-state index in [1.54, 1.807) is 45.2 Å². The largest absolute Gasteiger partial charge is 0.497 e. The van der Waals surface area contributed by atoms with E-state index >= 15 is 0 Å². The van der Waals surface area contributed by atoms with E-state index in [0.717, 1.165) is 5.56 Å². The topological polar surface area (TPSA) is 108 Å². The van der Waals surface area contributed by atoms with Crippen molar-refractivity contribution in [1.82, 2.24) is 0 Å². The monoisotopic (exact) mass is 364 g/mol. The summed E-state index contributed by atoms with van der Waals surface area (Å²) in [6, 6.07) is 9.61. The van der Waals surface area contributed by atoms with Crippen molar-refractivity contribution in [1.29, 1.82) is 0 Å². The Morgan fingerprint density at radius 3 is 2.28 bits per heavy atom. The molecule has 2 rings (SSSR count). The van der Waals surface area contributed by atoms with E-state index < -0.39 is 15.9 Å². The zero-order valence-corrected chi connectivity index (χ0v) is 15.0. The molecule has 25 heavy (non-hydrogen) atoms. The van der Waals surface area contributed by atoms with Crippen molar-refractivity contribution >= 4 is 21.6 Å². The van der Waals surface area contributed by atoms with Gasteiger partial charge in [-0.3, -0.25) is 4.79 Å². The summed E-state index contributed by atoms with van der Waals surface area (Å²) in [6.45, 7) is 3.31. The molecule has 8 heteroatoms. The van der Waals surface area contributed by atoms with Gasteiger partial charge in [-0.05, 0) is 61.4 Å². The lowest BCUT2D eigenvalue weighted by atomic mass is 10.1. The van der Waals surface area contributed by atoms with E-state index in [1.165, 1.54) is 12.1 Å². The average Bonchev–Trinajstić information content (AvgIpc) is 2.56. The van der Waals surface area contributed by atoms with Crippen LogP contribution in [0.4, 0.5) is 5.69 Å². The minimum atomic E-state index is -3.86. The van der Waals surface area contributed by atoms with Gasteiger partial charge in [0.25, 0.3) is 5.91 Å². The molecule has 0 fully saturated rings. The number of aryl methyl sites for hydroxylation is 1. The van der Waals surface area contributed by atoms with Crippen LogP contribution >= 0.6 is 0 Å². The molecule has 0 atom stereocenters. The van der Waals surface area contributed by atoms with Crippen LogP contribution in [0, 0.1) is 13.8 Å². The third kappa shape index (κ3) is 4.94. The van der Waals surface area contributed by atoms with Crippen LogP contribution in [0.2, 0.25) is 0 Å². The molecule has 2 aromatic carbocycles. The predicted molar refractivity (Wildman–Crippen MR) is 94.4 cm³/mol. The third-order valence-corrected chi connectivity index (χ3v) is 4.57. The normalized spacial score (nSPS) is 11.0. The fourth-order valence-electron chi connectivity index (χ4n) is 2.13. The van der Waals surface area contributed by atoms with Crippen molar-refractivity contribution in [2.45, 2.75) is 18.7 Å². The fourth-order valence-corrected chi connectivity index (χ4v) is 2.75. The molecule has 1 amide bonds. The highest BCUT2D eigenvalue weighted by Crippen LogP contribution is 2.23. The number of methoxy groups -OCH3 is 1. The van der Waals surface area contributed by atoms with Gasteiger partial charge in [-0.1, -0.05) is 0 Å². The molecule has 0 bridgehead atoms. The van der Waals surface area contributed by atoms with Crippen LogP contribution in [0.1, 0.15) is 11.1 Å². The zero-order valence-electron chi connectivity index (χ0n) is 14.2. The summed E-state index contributed by atoms with van der Waals surface area (Å²) in [6.07, 6.45) is 0. The van der Waals surface area contributed by atoms with E-state index in [0.29, 0.717) is 22.7 Å². The average molecular weight is 364 g/mol. The number of ether oxygens (including phenoxy) is 2. The minimum absolute atomic E-state index is 0.0537. The number of anilines is 1. The lowest BCUT2D eigenvalue weighted by Crippen LogP contribution is -2.21. The van der Waals surface area contributed by atoms with Crippen LogP contribution in [0.15, 0.2) is 41.3 Å². The van der Waals surface area contributed by atoms with Crippen LogP contribution in [-0.4, -0.2) is 28.0 Å². The SMILES string of the molecule is COc1ccc(OCC(=O)Nc2cc(S(N)(=O)=O)cc(C)c2C)cc1. The van der Waals surface area contributed by atoms with E-state index in [1.807, 2.05) is 0 Å². The van der Waals surface area contributed by atoms with Crippen LogP contribution in [-0.2, 0) is 14.8 Å². The predicted octanol–water partition coefficient (Wildman–Crippen LogP) is 1.98. The minimum Gasteiger partial charge on any atom is -0.497 e. The molecule has 0 saturated heterocycles. The van der Waals surface area contributed by atoms with Crippen molar-refractivity contribution in [2.24, 2.45) is 5.14 Å². The smallest absolute Gasteiger partial charge is 0.262 e. The van der Waals surface area contributed by atoms with Gasteiger partial charge in [-0.15, -0.1) is 0 Å². The van der Waals surface area contributed by atoms with Crippen LogP contribution in [0.3, 0.4) is 0 Å². The van der Waals surface area contributed by atoms with Crippen molar-refractivity contribution in [3.8, 4) is 11.5 Å². The Balaban J connectivity index is 2.08. The van der Waals surface area contributed by atoms with E-state index in [4.69, 9.17) is 14.6 Å². The number of carbonyl (C=O) groups is 1. The molecule has 0 heterocycles. The second kappa shape index (κ2) is 7.54. The van der Waals surface area contributed by atoms with E-state index in [2.05, 4.69) is 5.32 Å². The first kappa shape index (κ1) is 18.8. The molecule has 0 radical (unpaired) electrons. The molecule has 0 aromatic heterocycles. The van der Waals surface area contributed by atoms with Crippen molar-refractivity contribution < 1.29 is 22.7 Å². The number of amides is 1. The molecule has 0 aliphatic carbocycles. The molecule has 7 nitrogen and oxygen atoms in total. The van der Waals surface area contributed by atoms with Gasteiger partial charge >= 0.3 is 0 Å². The highest BCUT2D eigenvalue weighted by molar-refractivity contribution is 7.89. The van der Waals surface area contributed by atoms with Gasteiger partial charge in [0.1, 0.15) is 11.5 Å². The van der Waals surface area contributed by atoms with Gasteiger partial charge in [-0.25, -0.2) is 13.6 Å². The Hall–Kier alpha value is -2.58. The van der Waals surface area contributed by atoms with Crippen LogP contribution in [0.25, 0.3) is 0 Å². The van der Waals surface area contributed by atoms with E-state index in [-0.39, 0.29) is 11.5 Å². The number of nitrogens with two attached hydrogens (primary N) is 1. The summed E-state index contributed by atoms with van der Waals surface area (Å²) >= 11 is 0. The highest BCUT2D eigenvalue weighted by atomic mass is 32.2. The summed E-state index contributed by atoms with van der Waals surface area (Å²) in [5.74, 6) is 0.787. The van der Waals surface area contributed by atoms with Gasteiger partial charge in [-0.2, -0.15) is 0 Å². The number of carbonyl (C=O) groups excluding carboxylic acids is 1. The van der Waals surface area contributed by atoms with Gasteiger partial charge in [0.05, 0.1) is 12.0 Å². The second-order valence-corrected chi connectivity index (χ2v) is 7.03. The number of primary sulfonamides is 1. The Bertz CT molecular complexity index is 877. The molecule has 0 aliphatic heterocycles. The molecule has 0 saturated carbocycles. The lowest BCUT2D eigenvalue weighted by molar-refractivity contribution is -0.118. The summed E-state index contributed by atoms with van der Waals surface area (Å²) in [5, 5.41) is 7.81. The Labute approximate surface area is 146 Å². The number of hydrogen-bond donors (Lipinski definition) is 2. The van der Waals surface area contributed by atoms with Gasteiger partial charge in [0, 0.05) is 5.69 Å². The molecule has 0 spiro atoms. The number of benzene rings is 2. The molecular weight excluding hydrogens is 344 g/mol. The number of rotatable bonds is 6. The first-order chi connectivity index (χ1) is 11.7. The van der Waals surface area contributed by atoms with Gasteiger partial charge < -0.3 is 14.8 Å². The maximum absolute atomic E-state index is 12.1. The van der Waals surface area contributed by atoms with Crippen molar-refractivity contribution in [3.63, 3.8) is 0 Å². The highest BCUT2D eigenvalue weighted by Gasteiger charge is 2.14. The van der Waals surface area contributed by atoms with Gasteiger partial charge in [0.2, 0.25) is 10.0 Å². The second-order valence-electron chi connectivity index (χ2n) is 5.47. The Morgan fingerprint density at radius 2 is 1.72 bits per heavy atom. The lowest BCUT2D eigenvalue weighted by Gasteiger charge is -2.13. The maximum Gasteiger partial charge on any atom is 0.262 e. The first-order valence-corrected chi connectivity index (χ1v) is 8.96. The van der Waals surface area contributed by atoms with Crippen LogP contribution < -0.4 is 19.9 Å². The van der Waals surface area contributed by atoms with Crippen LogP contribution in [0.5, 0.6) is 11.5 Å².